The Hall–Kier alpha value is -2.73. The molecule has 12 heteroatoms. The summed E-state index contributed by atoms with van der Waals surface area (Å²) in [6, 6.07) is 3.52. The topological polar surface area (TPSA) is 103 Å². The van der Waals surface area contributed by atoms with E-state index in [0.29, 0.717) is 32.7 Å². The number of ether oxygens (including phenoxy) is 1. The number of benzene rings is 1. The zero-order valence-electron chi connectivity index (χ0n) is 18.8. The fraction of sp³-hybridized carbons (Fsp3) is 0.391. The smallest absolute Gasteiger partial charge is 0.261 e. The first-order chi connectivity index (χ1) is 16.7. The van der Waals surface area contributed by atoms with Gasteiger partial charge in [-0.3, -0.25) is 9.69 Å². The summed E-state index contributed by atoms with van der Waals surface area (Å²) in [5.74, 6) is -1.31. The molecule has 2 saturated heterocycles. The third kappa shape index (κ3) is 4.06. The summed E-state index contributed by atoms with van der Waals surface area (Å²) in [6.07, 6.45) is 1.99. The van der Waals surface area contributed by atoms with E-state index < -0.39 is 21.6 Å². The highest BCUT2D eigenvalue weighted by atomic mass is 35.5. The molecule has 5 rings (SSSR count). The van der Waals surface area contributed by atoms with Crippen LogP contribution in [0.1, 0.15) is 12.0 Å². The van der Waals surface area contributed by atoms with Crippen molar-refractivity contribution in [3.8, 4) is 22.8 Å². The Balaban J connectivity index is 1.65. The molecule has 2 aromatic rings. The molecular formula is C23H24ClFN4O5S. The number of hydrogen-bond acceptors (Lipinski definition) is 7. The molecule has 1 N–H and O–H groups in total. The molecule has 9 nitrogen and oxygen atoms in total. The number of sulfonamides is 1. The molecule has 1 atom stereocenters. The normalized spacial score (nSPS) is 20.7. The van der Waals surface area contributed by atoms with Crippen LogP contribution in [0.5, 0.6) is 11.5 Å². The van der Waals surface area contributed by atoms with E-state index in [9.17, 15) is 22.7 Å². The number of phenols is 1. The summed E-state index contributed by atoms with van der Waals surface area (Å²) >= 11 is 6.66. The van der Waals surface area contributed by atoms with Crippen LogP contribution >= 0.6 is 11.6 Å². The van der Waals surface area contributed by atoms with Gasteiger partial charge in [0.05, 0.1) is 11.6 Å². The summed E-state index contributed by atoms with van der Waals surface area (Å²) in [7, 11) is -4.02. The molecule has 0 saturated carbocycles. The van der Waals surface area contributed by atoms with Crippen molar-refractivity contribution in [2.45, 2.75) is 24.0 Å². The second-order valence-electron chi connectivity index (χ2n) is 8.70. The molecule has 0 bridgehead atoms. The zero-order valence-corrected chi connectivity index (χ0v) is 20.4. The van der Waals surface area contributed by atoms with Gasteiger partial charge in [0.15, 0.2) is 5.03 Å². The first-order valence-corrected chi connectivity index (χ1v) is 13.0. The van der Waals surface area contributed by atoms with Gasteiger partial charge in [-0.05, 0) is 24.6 Å². The quantitative estimate of drug-likeness (QED) is 0.614. The van der Waals surface area contributed by atoms with E-state index in [1.54, 1.807) is 4.90 Å². The molecule has 1 amide bonds. The van der Waals surface area contributed by atoms with E-state index in [4.69, 9.17) is 16.3 Å². The molecule has 0 unspecified atom stereocenters. The number of carbonyl (C=O) groups is 1. The van der Waals surface area contributed by atoms with Gasteiger partial charge in [0.2, 0.25) is 5.91 Å². The summed E-state index contributed by atoms with van der Waals surface area (Å²) in [5, 5.41) is 10.0. The lowest BCUT2D eigenvalue weighted by atomic mass is 10.1. The standard InChI is InChI=1S/C23H24ClFN4O5S/c1-2-18(31)28-10-9-27-12-15-22(34-13-14(27)11-28)20(24)21(19-16(25)5-3-6-17(19)30)26-23(15)35(32,33)29-7-4-8-29/h2-3,5-6,14,30H,1,4,7-13H2/t14-/m1/s1. The highest BCUT2D eigenvalue weighted by molar-refractivity contribution is 7.89. The number of rotatable bonds is 4. The van der Waals surface area contributed by atoms with Crippen LogP contribution in [-0.2, 0) is 21.4 Å². The SMILES string of the molecule is C=CC(=O)N1CCN2Cc3c(S(=O)(=O)N4CCC4)nc(-c4c(O)cccc4F)c(Cl)c3OC[C@H]2C1. The summed E-state index contributed by atoms with van der Waals surface area (Å²) in [4.78, 5) is 20.2. The van der Waals surface area contributed by atoms with Crippen LogP contribution < -0.4 is 4.74 Å². The van der Waals surface area contributed by atoms with Crippen molar-refractivity contribution in [3.63, 3.8) is 0 Å². The first kappa shape index (κ1) is 24.0. The second kappa shape index (κ2) is 9.05. The molecule has 4 heterocycles. The van der Waals surface area contributed by atoms with Crippen molar-refractivity contribution in [3.05, 3.63) is 47.3 Å². The Morgan fingerprint density at radius 1 is 1.29 bits per heavy atom. The van der Waals surface area contributed by atoms with Gasteiger partial charge in [0.25, 0.3) is 10.0 Å². The maximum absolute atomic E-state index is 14.8. The van der Waals surface area contributed by atoms with E-state index in [-0.39, 0.29) is 57.7 Å². The average Bonchev–Trinajstić information content (AvgIpc) is 2.97. The zero-order chi connectivity index (χ0) is 24.9. The predicted molar refractivity (Wildman–Crippen MR) is 126 cm³/mol. The Morgan fingerprint density at radius 3 is 2.71 bits per heavy atom. The van der Waals surface area contributed by atoms with Crippen LogP contribution in [0.2, 0.25) is 5.02 Å². The highest BCUT2D eigenvalue weighted by Gasteiger charge is 2.40. The van der Waals surface area contributed by atoms with Gasteiger partial charge < -0.3 is 14.7 Å². The minimum Gasteiger partial charge on any atom is -0.507 e. The minimum absolute atomic E-state index is 0.0816. The van der Waals surface area contributed by atoms with E-state index in [1.165, 1.54) is 22.5 Å². The van der Waals surface area contributed by atoms with Crippen LogP contribution in [0.15, 0.2) is 35.9 Å². The summed E-state index contributed by atoms with van der Waals surface area (Å²) in [5.41, 5.74) is -0.218. The van der Waals surface area contributed by atoms with Crippen molar-refractivity contribution in [2.75, 3.05) is 39.3 Å². The number of phenolic OH excluding ortho intramolecular Hbond substituents is 1. The van der Waals surface area contributed by atoms with Gasteiger partial charge in [-0.2, -0.15) is 4.31 Å². The van der Waals surface area contributed by atoms with Gasteiger partial charge in [0, 0.05) is 44.8 Å². The summed E-state index contributed by atoms with van der Waals surface area (Å²) < 4.78 is 49.2. The number of aromatic hydroxyl groups is 1. The first-order valence-electron chi connectivity index (χ1n) is 11.2. The van der Waals surface area contributed by atoms with Crippen LogP contribution in [-0.4, -0.2) is 83.9 Å². The second-order valence-corrected chi connectivity index (χ2v) is 10.9. The van der Waals surface area contributed by atoms with Crippen molar-refractivity contribution >= 4 is 27.5 Å². The van der Waals surface area contributed by atoms with Crippen molar-refractivity contribution < 1.29 is 27.4 Å². The molecule has 3 aliphatic rings. The molecule has 1 aromatic heterocycles. The minimum atomic E-state index is -4.02. The Labute approximate surface area is 207 Å². The lowest BCUT2D eigenvalue weighted by Gasteiger charge is -2.39. The predicted octanol–water partition coefficient (Wildman–Crippen LogP) is 2.23. The number of piperazine rings is 1. The van der Waals surface area contributed by atoms with Gasteiger partial charge in [-0.1, -0.05) is 24.2 Å². The number of amides is 1. The van der Waals surface area contributed by atoms with Crippen molar-refractivity contribution in [1.82, 2.24) is 19.1 Å². The number of aromatic nitrogens is 1. The van der Waals surface area contributed by atoms with Crippen LogP contribution in [0.3, 0.4) is 0 Å². The monoisotopic (exact) mass is 522 g/mol. The highest BCUT2D eigenvalue weighted by Crippen LogP contribution is 2.45. The van der Waals surface area contributed by atoms with Crippen LogP contribution in [0, 0.1) is 5.82 Å². The van der Waals surface area contributed by atoms with E-state index in [0.717, 1.165) is 12.5 Å². The van der Waals surface area contributed by atoms with Gasteiger partial charge >= 0.3 is 0 Å². The van der Waals surface area contributed by atoms with Crippen molar-refractivity contribution in [2.24, 2.45) is 0 Å². The molecule has 0 spiro atoms. The third-order valence-corrected chi connectivity index (χ3v) is 8.87. The molecule has 0 radical (unpaired) electrons. The number of fused-ring (bicyclic) bond motifs is 2. The molecule has 186 valence electrons. The fourth-order valence-electron chi connectivity index (χ4n) is 4.59. The number of hydrogen-bond donors (Lipinski definition) is 1. The summed E-state index contributed by atoms with van der Waals surface area (Å²) in [6.45, 7) is 5.87. The maximum Gasteiger partial charge on any atom is 0.261 e. The maximum atomic E-state index is 14.8. The Bertz CT molecular complexity index is 1300. The molecule has 2 fully saturated rings. The largest absolute Gasteiger partial charge is 0.507 e. The number of halogens is 2. The van der Waals surface area contributed by atoms with Crippen molar-refractivity contribution in [1.29, 1.82) is 0 Å². The van der Waals surface area contributed by atoms with E-state index in [1.807, 2.05) is 4.90 Å². The van der Waals surface area contributed by atoms with Gasteiger partial charge in [-0.25, -0.2) is 17.8 Å². The number of nitrogens with zero attached hydrogens (tertiary/aromatic N) is 4. The molecule has 1 aromatic carbocycles. The van der Waals surface area contributed by atoms with E-state index in [2.05, 4.69) is 11.6 Å². The fourth-order valence-corrected chi connectivity index (χ4v) is 6.56. The number of carbonyl (C=O) groups excluding carboxylic acids is 1. The van der Waals surface area contributed by atoms with Gasteiger partial charge in [-0.15, -0.1) is 0 Å². The Morgan fingerprint density at radius 2 is 2.06 bits per heavy atom. The molecule has 0 aliphatic carbocycles. The lowest BCUT2D eigenvalue weighted by Crippen LogP contribution is -2.55. The average molecular weight is 523 g/mol. The van der Waals surface area contributed by atoms with E-state index >= 15 is 0 Å². The number of pyridine rings is 1. The van der Waals surface area contributed by atoms with Gasteiger partial charge in [0.1, 0.15) is 34.6 Å². The van der Waals surface area contributed by atoms with Crippen LogP contribution in [0.4, 0.5) is 4.39 Å². The van der Waals surface area contributed by atoms with Crippen LogP contribution in [0.25, 0.3) is 11.3 Å². The molecule has 35 heavy (non-hydrogen) atoms. The lowest BCUT2D eigenvalue weighted by molar-refractivity contribution is -0.129. The third-order valence-electron chi connectivity index (χ3n) is 6.65. The Kier molecular flexibility index (Phi) is 6.20. The molecule has 3 aliphatic heterocycles. The molecular weight excluding hydrogens is 499 g/mol.